The molecule has 198 valence electrons. The predicted octanol–water partition coefficient (Wildman–Crippen LogP) is 7.85. The van der Waals surface area contributed by atoms with Crippen molar-refractivity contribution in [2.24, 2.45) is 5.10 Å². The van der Waals surface area contributed by atoms with Crippen molar-refractivity contribution in [3.8, 4) is 11.5 Å². The number of anilines is 1. The number of halogens is 8. The van der Waals surface area contributed by atoms with E-state index in [0.717, 1.165) is 0 Å². The molecule has 3 aromatic rings. The topological polar surface area (TPSA) is 51.1 Å². The van der Waals surface area contributed by atoms with E-state index in [-0.39, 0.29) is 40.0 Å². The summed E-state index contributed by atoms with van der Waals surface area (Å²) >= 11 is 15.5. The molecule has 0 aliphatic carbocycles. The van der Waals surface area contributed by atoms with Gasteiger partial charge < -0.3 is 9.47 Å². The summed E-state index contributed by atoms with van der Waals surface area (Å²) in [7, 11) is 1.39. The molecule has 0 saturated heterocycles. The van der Waals surface area contributed by atoms with Crippen LogP contribution in [0.5, 0.6) is 11.5 Å². The van der Waals surface area contributed by atoms with Crippen LogP contribution in [0.2, 0.25) is 10.0 Å². The third-order valence-electron chi connectivity index (χ3n) is 5.42. The Bertz CT molecular complexity index is 1520. The first-order valence-electron chi connectivity index (χ1n) is 10.5. The van der Waals surface area contributed by atoms with Crippen molar-refractivity contribution < 1.29 is 36.2 Å². The smallest absolute Gasteiger partial charge is 0.280 e. The molecular formula is C25H14BrCl2F5N2O3. The maximum atomic E-state index is 14.4. The molecule has 3 aromatic carbocycles. The lowest BCUT2D eigenvalue weighted by atomic mass is 10.1. The predicted molar refractivity (Wildman–Crippen MR) is 136 cm³/mol. The highest BCUT2D eigenvalue weighted by Gasteiger charge is 2.37. The summed E-state index contributed by atoms with van der Waals surface area (Å²) in [6.07, 6.45) is 1.29. The van der Waals surface area contributed by atoms with Crippen LogP contribution in [0.1, 0.15) is 18.1 Å². The number of methoxy groups -OCH3 is 1. The molecule has 0 spiro atoms. The number of carbonyl (C=O) groups is 1. The highest BCUT2D eigenvalue weighted by Crippen LogP contribution is 2.39. The second kappa shape index (κ2) is 10.9. The van der Waals surface area contributed by atoms with Crippen molar-refractivity contribution in [2.75, 3.05) is 12.1 Å². The maximum Gasteiger partial charge on any atom is 0.280 e. The molecule has 1 heterocycles. The molecule has 0 aromatic heterocycles. The van der Waals surface area contributed by atoms with Gasteiger partial charge in [0.2, 0.25) is 5.82 Å². The fourth-order valence-electron chi connectivity index (χ4n) is 3.56. The molecule has 1 aliphatic rings. The minimum atomic E-state index is -2.35. The molecular weight excluding hydrogens is 622 g/mol. The van der Waals surface area contributed by atoms with Gasteiger partial charge in [0.25, 0.3) is 5.91 Å². The summed E-state index contributed by atoms with van der Waals surface area (Å²) in [5.41, 5.74) is -0.867. The fourth-order valence-corrected chi connectivity index (χ4v) is 4.48. The van der Waals surface area contributed by atoms with Crippen LogP contribution in [0.4, 0.5) is 27.6 Å². The van der Waals surface area contributed by atoms with Crippen LogP contribution in [0, 0.1) is 29.1 Å². The zero-order chi connectivity index (χ0) is 27.9. The van der Waals surface area contributed by atoms with Crippen LogP contribution in [0.15, 0.2) is 45.5 Å². The third-order valence-corrected chi connectivity index (χ3v) is 6.46. The summed E-state index contributed by atoms with van der Waals surface area (Å²) in [6, 6.07) is 7.98. The number of rotatable bonds is 6. The van der Waals surface area contributed by atoms with Gasteiger partial charge in [0.05, 0.1) is 18.4 Å². The van der Waals surface area contributed by atoms with Crippen molar-refractivity contribution >= 4 is 62.5 Å². The molecule has 38 heavy (non-hydrogen) atoms. The van der Waals surface area contributed by atoms with Gasteiger partial charge in [-0.1, -0.05) is 45.2 Å². The number of ether oxygens (including phenoxy) is 2. The van der Waals surface area contributed by atoms with Gasteiger partial charge in [-0.2, -0.15) is 10.1 Å². The first-order chi connectivity index (χ1) is 17.9. The fraction of sp³-hybridized carbons (Fsp3) is 0.120. The molecule has 0 fully saturated rings. The van der Waals surface area contributed by atoms with Gasteiger partial charge in [-0.05, 0) is 37.3 Å². The zero-order valence-corrected chi connectivity index (χ0v) is 22.4. The lowest BCUT2D eigenvalue weighted by Gasteiger charge is -2.16. The van der Waals surface area contributed by atoms with Gasteiger partial charge in [-0.3, -0.25) is 4.79 Å². The minimum absolute atomic E-state index is 0.0259. The van der Waals surface area contributed by atoms with Crippen molar-refractivity contribution in [1.82, 2.24) is 0 Å². The molecule has 0 atom stereocenters. The summed E-state index contributed by atoms with van der Waals surface area (Å²) < 4.78 is 81.7. The molecule has 0 bridgehead atoms. The average Bonchev–Trinajstić information content (AvgIpc) is 3.14. The zero-order valence-electron chi connectivity index (χ0n) is 19.3. The Morgan fingerprint density at radius 1 is 1.00 bits per heavy atom. The van der Waals surface area contributed by atoms with Crippen LogP contribution < -0.4 is 14.5 Å². The molecule has 4 rings (SSSR count). The number of hydrogen-bond donors (Lipinski definition) is 0. The Morgan fingerprint density at radius 3 is 2.24 bits per heavy atom. The van der Waals surface area contributed by atoms with E-state index in [1.54, 1.807) is 24.3 Å². The van der Waals surface area contributed by atoms with E-state index in [1.165, 1.54) is 26.2 Å². The highest BCUT2D eigenvalue weighted by atomic mass is 79.9. The van der Waals surface area contributed by atoms with Crippen LogP contribution >= 0.6 is 39.1 Å². The maximum absolute atomic E-state index is 14.4. The monoisotopic (exact) mass is 634 g/mol. The van der Waals surface area contributed by atoms with Crippen LogP contribution in [-0.4, -0.2) is 18.7 Å². The average molecular weight is 636 g/mol. The van der Waals surface area contributed by atoms with Gasteiger partial charge in [-0.25, -0.2) is 22.0 Å². The van der Waals surface area contributed by atoms with E-state index in [0.29, 0.717) is 20.1 Å². The molecule has 1 aliphatic heterocycles. The van der Waals surface area contributed by atoms with Crippen LogP contribution in [-0.2, 0) is 11.4 Å². The molecule has 0 radical (unpaired) electrons. The second-order valence-electron chi connectivity index (χ2n) is 7.83. The largest absolute Gasteiger partial charge is 0.493 e. The molecule has 1 amide bonds. The molecule has 13 heteroatoms. The number of benzene rings is 3. The van der Waals surface area contributed by atoms with Gasteiger partial charge in [0.1, 0.15) is 12.3 Å². The molecule has 5 nitrogen and oxygen atoms in total. The Hall–Kier alpha value is -3.15. The standard InChI is InChI=1S/C25H14BrCl2F5N2O3/c1-10-15(25(36)35(34-10)23-21(32)19(30)18(29)20(31)22(23)33)6-12-5-13(26)7-17(37-2)24(12)38-9-11-3-4-14(27)8-16(11)28/h3-8H,9H2,1-2H3/b15-6-. The van der Waals surface area contributed by atoms with Gasteiger partial charge in [-0.15, -0.1) is 0 Å². The van der Waals surface area contributed by atoms with Gasteiger partial charge >= 0.3 is 0 Å². The Balaban J connectivity index is 1.76. The van der Waals surface area contributed by atoms with E-state index in [2.05, 4.69) is 21.0 Å². The van der Waals surface area contributed by atoms with E-state index >= 15 is 0 Å². The minimum Gasteiger partial charge on any atom is -0.493 e. The van der Waals surface area contributed by atoms with E-state index in [4.69, 9.17) is 32.7 Å². The molecule has 0 saturated carbocycles. The second-order valence-corrected chi connectivity index (χ2v) is 9.59. The summed E-state index contributed by atoms with van der Waals surface area (Å²) in [5, 5.41) is 4.64. The highest BCUT2D eigenvalue weighted by molar-refractivity contribution is 9.10. The number of hydrogen-bond acceptors (Lipinski definition) is 4. The van der Waals surface area contributed by atoms with Crippen LogP contribution in [0.25, 0.3) is 6.08 Å². The summed E-state index contributed by atoms with van der Waals surface area (Å²) in [6.45, 7) is 1.31. The lowest BCUT2D eigenvalue weighted by Crippen LogP contribution is -2.25. The normalized spacial score (nSPS) is 14.4. The van der Waals surface area contributed by atoms with Crippen LogP contribution in [0.3, 0.4) is 0 Å². The third kappa shape index (κ3) is 5.10. The summed E-state index contributed by atoms with van der Waals surface area (Å²) in [5.74, 6) is -11.8. The molecule has 0 N–H and O–H groups in total. The Kier molecular flexibility index (Phi) is 8.01. The van der Waals surface area contributed by atoms with Gasteiger partial charge in [0, 0.05) is 25.6 Å². The summed E-state index contributed by atoms with van der Waals surface area (Å²) in [4.78, 5) is 13.1. The van der Waals surface area contributed by atoms with Crippen molar-refractivity contribution in [2.45, 2.75) is 13.5 Å². The van der Waals surface area contributed by atoms with E-state index < -0.39 is 40.7 Å². The van der Waals surface area contributed by atoms with E-state index in [9.17, 15) is 26.7 Å². The number of nitrogens with zero attached hydrogens (tertiary/aromatic N) is 2. The van der Waals surface area contributed by atoms with Crippen molar-refractivity contribution in [1.29, 1.82) is 0 Å². The first kappa shape index (κ1) is 27.9. The van der Waals surface area contributed by atoms with E-state index in [1.807, 2.05) is 0 Å². The van der Waals surface area contributed by atoms with Gasteiger partial charge in [0.15, 0.2) is 34.8 Å². The Morgan fingerprint density at radius 2 is 1.63 bits per heavy atom. The lowest BCUT2D eigenvalue weighted by molar-refractivity contribution is -0.114. The number of hydrazone groups is 1. The number of carbonyl (C=O) groups excluding carboxylic acids is 1. The van der Waals surface area contributed by atoms with Crippen molar-refractivity contribution in [3.63, 3.8) is 0 Å². The Labute approximate surface area is 231 Å². The van der Waals surface area contributed by atoms with Crippen molar-refractivity contribution in [3.05, 3.63) is 90.6 Å². The number of amides is 1. The molecule has 0 unspecified atom stereocenters. The first-order valence-corrected chi connectivity index (χ1v) is 12.1. The SMILES string of the molecule is COc1cc(Br)cc(/C=C2\C(=O)N(c3c(F)c(F)c(F)c(F)c3F)N=C2C)c1OCc1ccc(Cl)cc1Cl. The quantitative estimate of drug-likeness (QED) is 0.120.